The molecule has 4 heterocycles. The molecule has 764 valence electrons. The largest absolute Gasteiger partial charge is 1.00 e. The maximum absolute atomic E-state index is 13.4. The van der Waals surface area contributed by atoms with Crippen molar-refractivity contribution < 1.29 is 131 Å². The molecule has 4 aromatic heterocycles. The van der Waals surface area contributed by atoms with Gasteiger partial charge in [0.25, 0.3) is 10.2 Å². The Kier molecular flexibility index (Phi) is 49.4. The molecular weight excluding hydrogens is 1920 g/mol. The van der Waals surface area contributed by atoms with Gasteiger partial charge in [-0.15, -0.1) is 0 Å². The second-order valence-corrected chi connectivity index (χ2v) is 37.3. The SMILES string of the molecule is CCCNC(=O)OCc1ccccc1.Cn1cc(CCCNC(=O)OCc2ccccc2)cn1.Cn1cc(N(CCNC(=O)OCc2ccccc2)S(=O)(=O)NC(=O)OC(C)(C)C)cn1.Cn1cc(N(CCNC(=O)OCc2ccccc2)S(=O)(=O)[N-]C(=O)Cc2c3c(cc4c2CCC4)CCC3)cn1.Cn1cc(N(CCNC(=O)OCc2ccccc2)S(N)(=O)=O)cn1.O=C(NCCO)OCc1ccccc1.[Na+]. The third-order valence-corrected chi connectivity index (χ3v) is 24.0. The zero-order chi connectivity index (χ0) is 103. The van der Waals surface area contributed by atoms with E-state index in [9.17, 15) is 63.6 Å². The normalized spacial score (nSPS) is 11.5. The number of nitrogens with one attached hydrogen (secondary N) is 7. The number of alkyl carbamates (subject to hydrolysis) is 6. The fraction of sp³-hybridized carbons (Fsp3) is 0.361. The number of hydrogen-bond acceptors (Lipinski definition) is 26. The van der Waals surface area contributed by atoms with Crippen LogP contribution in [0.5, 0.6) is 0 Å². The minimum Gasteiger partial charge on any atom is -0.528 e. The zero-order valence-corrected chi connectivity index (χ0v) is 86.0. The molecule has 0 aliphatic heterocycles. The van der Waals surface area contributed by atoms with Gasteiger partial charge in [-0.3, -0.25) is 27.3 Å². The zero-order valence-electron chi connectivity index (χ0n) is 81.6. The number of rotatable bonds is 39. The van der Waals surface area contributed by atoms with Crippen LogP contribution < -0.4 is 84.2 Å². The van der Waals surface area contributed by atoms with Crippen molar-refractivity contribution in [3.05, 3.63) is 309 Å². The van der Waals surface area contributed by atoms with Gasteiger partial charge in [0.2, 0.25) is 0 Å². The molecule has 7 aromatic carbocycles. The van der Waals surface area contributed by atoms with Crippen LogP contribution in [0.1, 0.15) is 120 Å². The quantitative estimate of drug-likeness (QED) is 0.00993. The third-order valence-electron chi connectivity index (χ3n) is 20.2. The molecule has 2 aliphatic carbocycles. The van der Waals surface area contributed by atoms with Gasteiger partial charge in [-0.1, -0.05) is 195 Å². The van der Waals surface area contributed by atoms with Gasteiger partial charge in [0.15, 0.2) is 10.2 Å². The van der Waals surface area contributed by atoms with Crippen molar-refractivity contribution in [3.63, 3.8) is 0 Å². The number of carbonyl (C=O) groups is 8. The van der Waals surface area contributed by atoms with Gasteiger partial charge < -0.3 is 79.7 Å². The second-order valence-electron chi connectivity index (χ2n) is 32.7. The topological polar surface area (TPSA) is 529 Å². The van der Waals surface area contributed by atoms with Crippen LogP contribution in [0.3, 0.4) is 0 Å². The first-order valence-electron chi connectivity index (χ1n) is 45.5. The summed E-state index contributed by atoms with van der Waals surface area (Å²) >= 11 is 0. The molecule has 0 radical (unpaired) electrons. The molecule has 143 heavy (non-hydrogen) atoms. The molecule has 10 N–H and O–H groups in total. The molecule has 2 aliphatic rings. The fourth-order valence-electron chi connectivity index (χ4n) is 13.6. The van der Waals surface area contributed by atoms with Crippen molar-refractivity contribution in [1.29, 1.82) is 0 Å². The van der Waals surface area contributed by atoms with Gasteiger partial charge in [-0.05, 0) is 145 Å². The Labute approximate surface area is 855 Å². The maximum atomic E-state index is 13.4. The average Bonchev–Trinajstić information content (AvgIpc) is 1.63. The van der Waals surface area contributed by atoms with Crippen LogP contribution >= 0.6 is 0 Å². The first kappa shape index (κ1) is 116. The number of ether oxygens (including phenoxy) is 7. The van der Waals surface area contributed by atoms with Gasteiger partial charge >= 0.3 is 82.4 Å². The molecule has 0 saturated carbocycles. The number of anilines is 3. The van der Waals surface area contributed by atoms with E-state index in [4.69, 9.17) is 43.4 Å². The van der Waals surface area contributed by atoms with Crippen molar-refractivity contribution in [2.45, 2.75) is 137 Å². The molecule has 0 fully saturated rings. The van der Waals surface area contributed by atoms with E-state index < -0.39 is 72.6 Å². The molecule has 42 nitrogen and oxygen atoms in total. The minimum absolute atomic E-state index is 0. The summed E-state index contributed by atoms with van der Waals surface area (Å²) in [6, 6.07) is 58.5. The molecule has 13 rings (SSSR count). The Balaban J connectivity index is 0.000000242. The molecule has 46 heteroatoms. The van der Waals surface area contributed by atoms with Crippen molar-refractivity contribution >= 4 is 96.3 Å². The molecular formula is C97H125N20NaO22S3. The summed E-state index contributed by atoms with van der Waals surface area (Å²) in [5, 5.41) is 44.9. The maximum Gasteiger partial charge on any atom is 1.00 e. The first-order valence-corrected chi connectivity index (χ1v) is 49.8. The molecule has 0 bridgehead atoms. The molecule has 0 spiro atoms. The van der Waals surface area contributed by atoms with Crippen LogP contribution in [0.15, 0.2) is 238 Å². The van der Waals surface area contributed by atoms with E-state index in [-0.39, 0.29) is 138 Å². The van der Waals surface area contributed by atoms with E-state index in [0.29, 0.717) is 32.0 Å². The second kappa shape index (κ2) is 60.9. The number of nitrogens with two attached hydrogens (primary N) is 1. The molecule has 0 saturated heterocycles. The van der Waals surface area contributed by atoms with E-state index in [0.717, 1.165) is 110 Å². The summed E-state index contributed by atoms with van der Waals surface area (Å²) in [6.07, 6.45) is 16.6. The molecule has 11 aromatic rings. The van der Waals surface area contributed by atoms with Gasteiger partial charge in [0.05, 0.1) is 74.0 Å². The summed E-state index contributed by atoms with van der Waals surface area (Å²) < 4.78 is 125. The van der Waals surface area contributed by atoms with Crippen LogP contribution in [0.2, 0.25) is 0 Å². The Bertz CT molecular complexity index is 6020. The molecule has 0 atom stereocenters. The fourth-order valence-corrected chi connectivity index (χ4v) is 16.5. The summed E-state index contributed by atoms with van der Waals surface area (Å²) in [5.74, 6) is -0.700. The minimum atomic E-state index is -4.40. The van der Waals surface area contributed by atoms with Gasteiger partial charge in [-0.2, -0.15) is 37.2 Å². The Morgan fingerprint density at radius 1 is 0.413 bits per heavy atom. The Hall–Kier alpha value is -14.1. The number of fused-ring (bicyclic) bond motifs is 2. The number of hydrogen-bond donors (Lipinski definition) is 9. The van der Waals surface area contributed by atoms with Crippen molar-refractivity contribution in [1.82, 2.24) is 75.7 Å². The average molecular weight is 2040 g/mol. The Morgan fingerprint density at radius 2 is 0.727 bits per heavy atom. The monoisotopic (exact) mass is 2040 g/mol. The number of carbonyl (C=O) groups excluding carboxylic acids is 8. The van der Waals surface area contributed by atoms with E-state index in [1.165, 1.54) is 79.0 Å². The smallest absolute Gasteiger partial charge is 0.528 e. The van der Waals surface area contributed by atoms with E-state index in [2.05, 4.69) is 63.1 Å². The number of aryl methyl sites for hydroxylation is 7. The van der Waals surface area contributed by atoms with Gasteiger partial charge in [0, 0.05) is 98.7 Å². The predicted octanol–water partition coefficient (Wildman–Crippen LogP) is 8.31. The number of benzene rings is 7. The summed E-state index contributed by atoms with van der Waals surface area (Å²) in [4.78, 5) is 94.2. The van der Waals surface area contributed by atoms with Crippen LogP contribution in [0.4, 0.5) is 50.6 Å². The van der Waals surface area contributed by atoms with Crippen LogP contribution in [0.25, 0.3) is 4.72 Å². The number of aliphatic hydroxyl groups excluding tert-OH is 1. The third kappa shape index (κ3) is 44.3. The van der Waals surface area contributed by atoms with E-state index in [1.807, 2.05) is 213 Å². The standard InChI is InChI=1S/C28H33N5O5S.C19H27N5O6S.C15H19N3O2.C14H19N5O4S.C11H15NO2.C10H13NO3.Na/c1-32-18-23(17-30-32)33(14-13-29-28(35)38-19-20-7-3-2-4-8-20)39(36,37)31-27(34)16-26-24-11-5-9-21(24)15-22-10-6-12-25(22)26;1-19(2,3)30-18(26)22-31(27,28)24(16-12-21-23(4)13-16)11-10-20-17(25)29-14-15-8-6-5-7-9-15;1-18-11-14(10-17-18)8-5-9-16-15(19)20-12-13-6-3-2-4-7-13;1-18-10-13(9-17-18)19(24(15,21)22)8-7-16-14(20)23-11-12-5-3-2-4-6-12;1-2-8-12-11(13)14-9-10-6-4-3-5-7-10;12-7-6-11-10(13)14-8-9-4-2-1-3-5-9;/h2-4,7-8,15,17-18H,5-6,9-14,16,19H2,1H3,(H2,29,31,34,35);5-9,12-13H,10-11,14H2,1-4H3,(H,20,25)(H,22,26);2-4,6-7,10-11H,5,8-9,12H2,1H3,(H,16,19);2-6,9-10H,7-8,11H2,1H3,(H,16,20)(H2,15,21,22);3-7H,2,8-9H2,1H3,(H,12,13);1-5,12H,6-8H2,(H,11,13);/q;;;;;;+1/p-1. The Morgan fingerprint density at radius 3 is 1.05 bits per heavy atom. The summed E-state index contributed by atoms with van der Waals surface area (Å²) in [7, 11) is -5.87. The first-order chi connectivity index (χ1) is 68.0. The van der Waals surface area contributed by atoms with Gasteiger partial charge in [0.1, 0.15) is 45.2 Å². The van der Waals surface area contributed by atoms with Crippen LogP contribution in [0, 0.1) is 0 Å². The predicted molar refractivity (Wildman–Crippen MR) is 531 cm³/mol. The van der Waals surface area contributed by atoms with Crippen LogP contribution in [-0.4, -0.2) is 189 Å². The number of nitrogens with zero attached hydrogens (tertiary/aromatic N) is 12. The molecule has 0 unspecified atom stereocenters. The number of aromatic nitrogens is 8. The van der Waals surface area contributed by atoms with Crippen LogP contribution in [-0.2, 0) is 175 Å². The van der Waals surface area contributed by atoms with Crippen molar-refractivity contribution in [2.75, 3.05) is 78.4 Å². The van der Waals surface area contributed by atoms with E-state index >= 15 is 0 Å². The van der Waals surface area contributed by atoms with Crippen molar-refractivity contribution in [2.24, 2.45) is 33.3 Å². The van der Waals surface area contributed by atoms with E-state index in [1.54, 1.807) is 46.6 Å². The summed E-state index contributed by atoms with van der Waals surface area (Å²) in [5.41, 5.74) is 12.4. The number of aliphatic hydroxyl groups is 1. The molecule has 8 amide bonds. The number of amides is 8. The summed E-state index contributed by atoms with van der Waals surface area (Å²) in [6.45, 7) is 8.97. The van der Waals surface area contributed by atoms with Crippen molar-refractivity contribution in [3.8, 4) is 0 Å². The van der Waals surface area contributed by atoms with Gasteiger partial charge in [-0.25, -0.2) is 56.1 Å².